The Balaban J connectivity index is 1.37. The fourth-order valence-corrected chi connectivity index (χ4v) is 7.17. The molecular weight excluding hydrogens is 549 g/mol. The molecule has 0 bridgehead atoms. The van der Waals surface area contributed by atoms with Crippen molar-refractivity contribution in [1.29, 1.82) is 0 Å². The summed E-state index contributed by atoms with van der Waals surface area (Å²) in [5.74, 6) is 1.25. The molecule has 208 valence electrons. The highest BCUT2D eigenvalue weighted by molar-refractivity contribution is 7.84. The molecule has 2 aliphatic rings. The smallest absolute Gasteiger partial charge is 0.148 e. The second-order valence-electron chi connectivity index (χ2n) is 11.6. The molecule has 1 unspecified atom stereocenters. The van der Waals surface area contributed by atoms with Crippen LogP contribution >= 0.6 is 23.2 Å². The van der Waals surface area contributed by atoms with E-state index in [1.807, 2.05) is 62.5 Å². The number of rotatable bonds is 8. The first-order valence-corrected chi connectivity index (χ1v) is 15.7. The van der Waals surface area contributed by atoms with Crippen molar-refractivity contribution in [3.8, 4) is 17.0 Å². The zero-order chi connectivity index (χ0) is 27.6. The molecule has 5 rings (SSSR count). The summed E-state index contributed by atoms with van der Waals surface area (Å²) in [5, 5.41) is 6.80. The Morgan fingerprint density at radius 2 is 1.85 bits per heavy atom. The van der Waals surface area contributed by atoms with Crippen molar-refractivity contribution >= 4 is 39.9 Å². The first kappa shape index (κ1) is 28.4. The fourth-order valence-electron chi connectivity index (χ4n) is 6.41. The van der Waals surface area contributed by atoms with Crippen LogP contribution in [-0.4, -0.2) is 27.0 Å². The van der Waals surface area contributed by atoms with Gasteiger partial charge in [-0.3, -0.25) is 10.1 Å². The van der Waals surface area contributed by atoms with Crippen molar-refractivity contribution in [1.82, 2.24) is 4.98 Å². The highest BCUT2D eigenvalue weighted by Gasteiger charge is 2.47. The fraction of sp³-hybridized carbons (Fsp3) is 0.452. The van der Waals surface area contributed by atoms with E-state index in [0.29, 0.717) is 39.4 Å². The van der Waals surface area contributed by atoms with Gasteiger partial charge < -0.3 is 9.64 Å². The van der Waals surface area contributed by atoms with E-state index in [-0.39, 0.29) is 4.75 Å². The first-order valence-electron chi connectivity index (χ1n) is 13.7. The van der Waals surface area contributed by atoms with Gasteiger partial charge in [-0.2, -0.15) is 0 Å². The van der Waals surface area contributed by atoms with E-state index >= 15 is 0 Å². The van der Waals surface area contributed by atoms with Crippen LogP contribution in [0.5, 0.6) is 5.75 Å². The van der Waals surface area contributed by atoms with Crippen molar-refractivity contribution in [3.63, 3.8) is 0 Å². The molecule has 0 amide bonds. The van der Waals surface area contributed by atoms with Crippen LogP contribution in [0.15, 0.2) is 60.8 Å². The number of hydrogen-bond donors (Lipinski definition) is 1. The van der Waals surface area contributed by atoms with Crippen LogP contribution in [0, 0.1) is 11.3 Å². The number of benzene rings is 2. The molecule has 1 spiro atoms. The van der Waals surface area contributed by atoms with Gasteiger partial charge in [0.15, 0.2) is 0 Å². The molecule has 39 heavy (non-hydrogen) atoms. The lowest BCUT2D eigenvalue weighted by Crippen LogP contribution is -2.44. The summed E-state index contributed by atoms with van der Waals surface area (Å²) in [6.07, 6.45) is 8.77. The van der Waals surface area contributed by atoms with Gasteiger partial charge in [-0.1, -0.05) is 72.1 Å². The topological polar surface area (TPSA) is 68.5 Å². The zero-order valence-corrected chi connectivity index (χ0v) is 25.0. The van der Waals surface area contributed by atoms with Gasteiger partial charge in [0.25, 0.3) is 0 Å². The number of aromatic nitrogens is 1. The Bertz CT molecular complexity index is 1330. The summed E-state index contributed by atoms with van der Waals surface area (Å²) in [4.78, 5) is 7.27. The lowest BCUT2D eigenvalue weighted by atomic mass is 9.68. The van der Waals surface area contributed by atoms with E-state index in [2.05, 4.69) is 11.0 Å². The maximum atomic E-state index is 12.2. The van der Waals surface area contributed by atoms with Crippen LogP contribution in [0.1, 0.15) is 57.9 Å². The number of hydrogen-bond acceptors (Lipinski definition) is 4. The molecular formula is C31H37Cl2N3O2S. The Kier molecular flexibility index (Phi) is 8.58. The summed E-state index contributed by atoms with van der Waals surface area (Å²) in [7, 11) is -1.32. The van der Waals surface area contributed by atoms with Crippen LogP contribution in [0.2, 0.25) is 10.0 Å². The van der Waals surface area contributed by atoms with E-state index in [0.717, 1.165) is 49.2 Å². The molecule has 2 atom stereocenters. The Hall–Kier alpha value is -2.12. The molecule has 1 aliphatic carbocycles. The van der Waals surface area contributed by atoms with E-state index in [9.17, 15) is 4.21 Å². The molecule has 1 aliphatic heterocycles. The van der Waals surface area contributed by atoms with Gasteiger partial charge >= 0.3 is 0 Å². The summed E-state index contributed by atoms with van der Waals surface area (Å²) in [6.45, 7) is 6.43. The van der Waals surface area contributed by atoms with E-state index in [4.69, 9.17) is 38.1 Å². The average molecular weight is 587 g/mol. The van der Waals surface area contributed by atoms with Gasteiger partial charge in [-0.05, 0) is 68.9 Å². The number of nitrogens with zero attached hydrogens (tertiary/aromatic N) is 2. The highest BCUT2D eigenvalue weighted by atomic mass is 35.5. The summed E-state index contributed by atoms with van der Waals surface area (Å²) < 4.78 is 18.2. The van der Waals surface area contributed by atoms with Crippen molar-refractivity contribution < 1.29 is 8.95 Å². The van der Waals surface area contributed by atoms with Crippen LogP contribution in [0.3, 0.4) is 0 Å². The number of halogens is 2. The van der Waals surface area contributed by atoms with E-state index in [1.165, 1.54) is 19.3 Å². The van der Waals surface area contributed by atoms with Crippen molar-refractivity contribution in [3.05, 3.63) is 76.4 Å². The van der Waals surface area contributed by atoms with E-state index in [1.54, 1.807) is 6.07 Å². The minimum absolute atomic E-state index is 0.307. The normalized spacial score (nSPS) is 19.8. The van der Waals surface area contributed by atoms with Gasteiger partial charge in [0, 0.05) is 24.7 Å². The van der Waals surface area contributed by atoms with Gasteiger partial charge in [-0.25, -0.2) is 4.21 Å². The van der Waals surface area contributed by atoms with Crippen LogP contribution in [-0.2, 0) is 17.6 Å². The number of nitrogens with two attached hydrogens (primary N) is 1. The minimum atomic E-state index is -1.32. The second kappa shape index (κ2) is 11.8. The molecule has 8 heteroatoms. The molecule has 1 aromatic heterocycles. The first-order chi connectivity index (χ1) is 18.7. The molecule has 2 aromatic carbocycles. The summed E-state index contributed by atoms with van der Waals surface area (Å²) >= 11 is 12.9. The molecule has 5 nitrogen and oxygen atoms in total. The zero-order valence-electron chi connectivity index (χ0n) is 22.7. The molecule has 2 heterocycles. The molecule has 2 fully saturated rings. The maximum Gasteiger partial charge on any atom is 0.148 e. The number of pyridine rings is 1. The second-order valence-corrected chi connectivity index (χ2v) is 14.1. The van der Waals surface area contributed by atoms with Gasteiger partial charge in [-0.15, -0.1) is 0 Å². The number of piperidine rings is 1. The SMILES string of the molecule is CC(C)(C[C@H]1CCCC12CCN(c1cnc(-c3cccc(Cl)c3Cl)c(OCc3ccccc3)c1)CC2)S(N)=O. The Morgan fingerprint density at radius 1 is 1.10 bits per heavy atom. The average Bonchev–Trinajstić information content (AvgIpc) is 3.30. The largest absolute Gasteiger partial charge is 0.487 e. The van der Waals surface area contributed by atoms with Crippen LogP contribution in [0.25, 0.3) is 11.3 Å². The molecule has 2 N–H and O–H groups in total. The van der Waals surface area contributed by atoms with Crippen molar-refractivity contribution in [2.24, 2.45) is 16.5 Å². The minimum Gasteiger partial charge on any atom is -0.487 e. The third-order valence-corrected chi connectivity index (χ3v) is 10.9. The van der Waals surface area contributed by atoms with Gasteiger partial charge in [0.1, 0.15) is 18.1 Å². The Morgan fingerprint density at radius 3 is 2.56 bits per heavy atom. The van der Waals surface area contributed by atoms with Gasteiger partial charge in [0.05, 0.1) is 37.7 Å². The number of anilines is 1. The van der Waals surface area contributed by atoms with Crippen molar-refractivity contribution in [2.75, 3.05) is 18.0 Å². The molecule has 3 aromatic rings. The lowest BCUT2D eigenvalue weighted by molar-refractivity contribution is 0.134. The quantitative estimate of drug-likeness (QED) is 0.292. The number of ether oxygens (including phenoxy) is 1. The van der Waals surface area contributed by atoms with Crippen molar-refractivity contribution in [2.45, 2.75) is 63.7 Å². The van der Waals surface area contributed by atoms with E-state index < -0.39 is 11.0 Å². The Labute approximate surface area is 244 Å². The molecule has 1 saturated heterocycles. The van der Waals surface area contributed by atoms with Gasteiger partial charge in [0.2, 0.25) is 0 Å². The third-order valence-electron chi connectivity index (χ3n) is 8.78. The molecule has 0 radical (unpaired) electrons. The summed E-state index contributed by atoms with van der Waals surface area (Å²) in [6, 6.07) is 17.8. The highest BCUT2D eigenvalue weighted by Crippen LogP contribution is 2.54. The third kappa shape index (κ3) is 6.14. The predicted molar refractivity (Wildman–Crippen MR) is 163 cm³/mol. The lowest BCUT2D eigenvalue weighted by Gasteiger charge is -2.45. The van der Waals surface area contributed by atoms with Crippen LogP contribution < -0.4 is 14.8 Å². The maximum absolute atomic E-state index is 12.2. The molecule has 1 saturated carbocycles. The standard InChI is InChI=1S/C31H37Cl2N3O2S/c1-30(2,39(34)37)19-23-10-7-13-31(23)14-16-36(17-15-31)24-18-27(38-21-22-8-4-3-5-9-22)29(35-20-24)25-11-6-12-26(32)28(25)33/h3-6,8-9,11-12,18,20,23H,7,10,13-17,19,21,34H2,1-2H3/t23-,39?/m1/s1. The predicted octanol–water partition coefficient (Wildman–Crippen LogP) is 7.81. The monoisotopic (exact) mass is 585 g/mol. The summed E-state index contributed by atoms with van der Waals surface area (Å²) in [5.41, 5.74) is 3.88. The van der Waals surface area contributed by atoms with Crippen LogP contribution in [0.4, 0.5) is 5.69 Å².